The van der Waals surface area contributed by atoms with E-state index in [9.17, 15) is 23.1 Å². The van der Waals surface area contributed by atoms with Crippen molar-refractivity contribution in [1.29, 1.82) is 0 Å². The van der Waals surface area contributed by atoms with E-state index in [4.69, 9.17) is 4.74 Å². The van der Waals surface area contributed by atoms with Crippen LogP contribution in [0.25, 0.3) is 0 Å². The zero-order chi connectivity index (χ0) is 18.5. The Morgan fingerprint density at radius 2 is 1.83 bits per heavy atom. The lowest BCUT2D eigenvalue weighted by Crippen LogP contribution is -2.57. The van der Waals surface area contributed by atoms with Crippen molar-refractivity contribution in [2.24, 2.45) is 0 Å². The summed E-state index contributed by atoms with van der Waals surface area (Å²) in [6.45, 7) is 3.45. The first-order valence-corrected chi connectivity index (χ1v) is 8.55. The molecule has 0 radical (unpaired) electrons. The molecule has 0 aromatic heterocycles. The highest BCUT2D eigenvalue weighted by atomic mass is 32.2. The number of sulfonamides is 1. The highest BCUT2D eigenvalue weighted by Gasteiger charge is 2.46. The Bertz CT molecular complexity index is 699. The number of benzene rings is 1. The quantitative estimate of drug-likeness (QED) is 0.664. The molecule has 2 N–H and O–H groups in total. The van der Waals surface area contributed by atoms with Crippen molar-refractivity contribution in [1.82, 2.24) is 4.72 Å². The monoisotopic (exact) mass is 359 g/mol. The summed E-state index contributed by atoms with van der Waals surface area (Å²) in [4.78, 5) is 22.9. The summed E-state index contributed by atoms with van der Waals surface area (Å²) in [5.41, 5.74) is -1.48. The summed E-state index contributed by atoms with van der Waals surface area (Å²) in [5.74, 6) is -1.85. The molecule has 0 aliphatic rings. The van der Waals surface area contributed by atoms with E-state index < -0.39 is 40.2 Å². The van der Waals surface area contributed by atoms with Gasteiger partial charge in [-0.2, -0.15) is 0 Å². The van der Waals surface area contributed by atoms with Gasteiger partial charge in [-0.05, 0) is 26.0 Å². The fourth-order valence-corrected chi connectivity index (χ4v) is 2.98. The molecule has 1 aromatic rings. The number of aryl methyl sites for hydroxylation is 1. The molecule has 0 saturated carbocycles. The maximum Gasteiger partial charge on any atom is 0.343 e. The molecular formula is C15H21NO7S. The topological polar surface area (TPSA) is 119 Å². The van der Waals surface area contributed by atoms with E-state index in [1.165, 1.54) is 19.1 Å². The van der Waals surface area contributed by atoms with Gasteiger partial charge in [0.2, 0.25) is 15.6 Å². The van der Waals surface area contributed by atoms with Gasteiger partial charge in [-0.1, -0.05) is 17.7 Å². The molecule has 8 nitrogen and oxygen atoms in total. The van der Waals surface area contributed by atoms with Gasteiger partial charge in [0.05, 0.1) is 18.6 Å². The van der Waals surface area contributed by atoms with Gasteiger partial charge >= 0.3 is 11.9 Å². The molecule has 134 valence electrons. The van der Waals surface area contributed by atoms with E-state index in [0.29, 0.717) is 0 Å². The van der Waals surface area contributed by atoms with Gasteiger partial charge in [-0.3, -0.25) is 4.79 Å². The molecular weight excluding hydrogens is 338 g/mol. The van der Waals surface area contributed by atoms with Crippen molar-refractivity contribution in [2.45, 2.75) is 37.4 Å². The van der Waals surface area contributed by atoms with E-state index in [1.54, 1.807) is 19.1 Å². The Kier molecular flexibility index (Phi) is 6.47. The van der Waals surface area contributed by atoms with Crippen molar-refractivity contribution in [2.75, 3.05) is 13.7 Å². The number of esters is 2. The molecule has 0 spiro atoms. The second kappa shape index (κ2) is 7.73. The maximum absolute atomic E-state index is 12.3. The first-order valence-electron chi connectivity index (χ1n) is 7.07. The van der Waals surface area contributed by atoms with E-state index in [2.05, 4.69) is 9.46 Å². The number of ether oxygens (including phenoxy) is 2. The molecule has 1 rings (SSSR count). The van der Waals surface area contributed by atoms with Gasteiger partial charge in [0, 0.05) is 6.92 Å². The van der Waals surface area contributed by atoms with Crippen molar-refractivity contribution >= 4 is 22.0 Å². The van der Waals surface area contributed by atoms with Crippen molar-refractivity contribution in [3.8, 4) is 0 Å². The van der Waals surface area contributed by atoms with Crippen molar-refractivity contribution in [3.63, 3.8) is 0 Å². The number of carbonyl (C=O) groups is 2. The summed E-state index contributed by atoms with van der Waals surface area (Å²) in [6.07, 6.45) is -1.32. The normalized spacial score (nSPS) is 15.2. The van der Waals surface area contributed by atoms with Crippen LogP contribution in [-0.4, -0.2) is 50.8 Å². The third kappa shape index (κ3) is 4.76. The smallest absolute Gasteiger partial charge is 0.343 e. The zero-order valence-corrected chi connectivity index (χ0v) is 14.7. The van der Waals surface area contributed by atoms with Crippen LogP contribution in [0.1, 0.15) is 19.4 Å². The lowest BCUT2D eigenvalue weighted by atomic mass is 9.98. The van der Waals surface area contributed by atoms with Crippen LogP contribution in [0.2, 0.25) is 0 Å². The fourth-order valence-electron chi connectivity index (χ4n) is 1.91. The van der Waals surface area contributed by atoms with Gasteiger partial charge in [0.1, 0.15) is 6.10 Å². The Balaban J connectivity index is 3.01. The molecule has 0 fully saturated rings. The Hall–Kier alpha value is -1.97. The average Bonchev–Trinajstić information content (AvgIpc) is 2.51. The predicted molar refractivity (Wildman–Crippen MR) is 84.6 cm³/mol. The van der Waals surface area contributed by atoms with E-state index in [-0.39, 0.29) is 4.90 Å². The molecule has 9 heteroatoms. The number of methoxy groups -OCH3 is 1. The second-order valence-electron chi connectivity index (χ2n) is 5.31. The third-order valence-corrected chi connectivity index (χ3v) is 4.83. The molecule has 0 heterocycles. The van der Waals surface area contributed by atoms with Crippen LogP contribution in [0.15, 0.2) is 29.2 Å². The van der Waals surface area contributed by atoms with Crippen LogP contribution in [0.5, 0.6) is 0 Å². The summed E-state index contributed by atoms with van der Waals surface area (Å²) in [6, 6.07) is 6.01. The van der Waals surface area contributed by atoms with Crippen LogP contribution in [0, 0.1) is 6.92 Å². The lowest BCUT2D eigenvalue weighted by Gasteiger charge is -2.30. The minimum Gasteiger partial charge on any atom is -0.467 e. The molecule has 24 heavy (non-hydrogen) atoms. The molecule has 2 atom stereocenters. The van der Waals surface area contributed by atoms with E-state index in [0.717, 1.165) is 19.6 Å². The van der Waals surface area contributed by atoms with Crippen LogP contribution >= 0.6 is 0 Å². The Morgan fingerprint density at radius 3 is 2.29 bits per heavy atom. The van der Waals surface area contributed by atoms with Crippen LogP contribution in [0.4, 0.5) is 0 Å². The number of nitrogens with one attached hydrogen (secondary N) is 1. The van der Waals surface area contributed by atoms with Crippen LogP contribution in [0.3, 0.4) is 0 Å². The molecule has 0 unspecified atom stereocenters. The number of carbonyl (C=O) groups excluding carboxylic acids is 2. The highest BCUT2D eigenvalue weighted by Crippen LogP contribution is 2.18. The number of rotatable bonds is 7. The number of hydrogen-bond acceptors (Lipinski definition) is 7. The first-order chi connectivity index (χ1) is 11.0. The fraction of sp³-hybridized carbons (Fsp3) is 0.467. The summed E-state index contributed by atoms with van der Waals surface area (Å²) < 4.78 is 36.0. The van der Waals surface area contributed by atoms with Gasteiger partial charge in [-0.25, -0.2) is 17.9 Å². The summed E-state index contributed by atoms with van der Waals surface area (Å²) in [5, 5.41) is 10.5. The van der Waals surface area contributed by atoms with Gasteiger partial charge in [-0.15, -0.1) is 0 Å². The molecule has 0 saturated heterocycles. The van der Waals surface area contributed by atoms with Crippen molar-refractivity contribution < 1.29 is 32.6 Å². The van der Waals surface area contributed by atoms with Crippen molar-refractivity contribution in [3.05, 3.63) is 29.8 Å². The number of hydrogen-bond donors (Lipinski definition) is 2. The lowest BCUT2D eigenvalue weighted by molar-refractivity contribution is -0.181. The third-order valence-electron chi connectivity index (χ3n) is 3.42. The minimum absolute atomic E-state index is 0.0274. The molecule has 0 amide bonds. The Labute approximate surface area is 140 Å². The molecule has 0 bridgehead atoms. The maximum atomic E-state index is 12.3. The summed E-state index contributed by atoms with van der Waals surface area (Å²) >= 11 is 0. The molecule has 0 aliphatic carbocycles. The molecule has 1 aromatic carbocycles. The van der Waals surface area contributed by atoms with Gasteiger partial charge in [0.25, 0.3) is 0 Å². The minimum atomic E-state index is -3.97. The van der Waals surface area contributed by atoms with E-state index in [1.807, 2.05) is 0 Å². The van der Waals surface area contributed by atoms with Crippen LogP contribution < -0.4 is 4.72 Å². The second-order valence-corrected chi connectivity index (χ2v) is 7.07. The van der Waals surface area contributed by atoms with E-state index >= 15 is 0 Å². The molecule has 0 aliphatic heterocycles. The van der Waals surface area contributed by atoms with Gasteiger partial charge in [0.15, 0.2) is 0 Å². The standard InChI is InChI=1S/C15H21NO7S/c1-10-5-7-13(8-6-10)24(20,21)16-9-15(19,14(18)22-4)11(2)23-12(3)17/h5-8,11,16,19H,9H2,1-4H3/t11-,15-/m0/s1. The predicted octanol–water partition coefficient (Wildman–Crippen LogP) is 0.129. The zero-order valence-electron chi connectivity index (χ0n) is 13.9. The van der Waals surface area contributed by atoms with Gasteiger partial charge < -0.3 is 14.6 Å². The highest BCUT2D eigenvalue weighted by molar-refractivity contribution is 7.89. The Morgan fingerprint density at radius 1 is 1.29 bits per heavy atom. The van der Waals surface area contributed by atoms with Crippen LogP contribution in [-0.2, 0) is 29.1 Å². The SMILES string of the molecule is COC(=O)[C@](O)(CNS(=O)(=O)c1ccc(C)cc1)[C@H](C)OC(C)=O. The average molecular weight is 359 g/mol. The number of aliphatic hydroxyl groups is 1. The first kappa shape index (κ1) is 20.1. The summed E-state index contributed by atoms with van der Waals surface area (Å²) in [7, 11) is -2.94. The largest absolute Gasteiger partial charge is 0.467 e.